The van der Waals surface area contributed by atoms with Crippen molar-refractivity contribution in [3.8, 4) is 29.1 Å². The van der Waals surface area contributed by atoms with Crippen molar-refractivity contribution in [2.45, 2.75) is 44.6 Å². The van der Waals surface area contributed by atoms with Crippen molar-refractivity contribution in [2.75, 3.05) is 32.8 Å². The lowest BCUT2D eigenvalue weighted by atomic mass is 9.94. The Hall–Kier alpha value is -5.24. The van der Waals surface area contributed by atoms with Crippen molar-refractivity contribution in [3.05, 3.63) is 74.7 Å². The van der Waals surface area contributed by atoms with Gasteiger partial charge in [0, 0.05) is 30.4 Å². The highest BCUT2D eigenvalue weighted by Gasteiger charge is 2.24. The summed E-state index contributed by atoms with van der Waals surface area (Å²) in [4.78, 5) is 33.3. The molecule has 1 fully saturated rings. The summed E-state index contributed by atoms with van der Waals surface area (Å²) in [6.45, 7) is 0. The number of methoxy groups -OCH3 is 3. The number of hydrogen-bond acceptors (Lipinski definition) is 9. The largest absolute Gasteiger partial charge is 0.493 e. The Morgan fingerprint density at radius 2 is 1.74 bits per heavy atom. The Bertz CT molecular complexity index is 1830. The lowest BCUT2D eigenvalue weighted by Crippen LogP contribution is -2.23. The summed E-state index contributed by atoms with van der Waals surface area (Å²) in [7, 11) is 4.60. The number of nitrogens with zero attached hydrogens (tertiary/aromatic N) is 3. The van der Waals surface area contributed by atoms with Crippen LogP contribution in [0.25, 0.3) is 10.9 Å². The summed E-state index contributed by atoms with van der Waals surface area (Å²) in [5.74, 6) is 6.83. The van der Waals surface area contributed by atoms with Crippen molar-refractivity contribution in [1.29, 1.82) is 0 Å². The van der Waals surface area contributed by atoms with E-state index < -0.39 is 11.4 Å². The molecular formula is C32H33N5O6. The first-order valence-electron chi connectivity index (χ1n) is 13.9. The highest BCUT2D eigenvalue weighted by molar-refractivity contribution is 5.95. The summed E-state index contributed by atoms with van der Waals surface area (Å²) in [5, 5.41) is 10.0. The minimum atomic E-state index is -1.26. The Morgan fingerprint density at radius 3 is 2.40 bits per heavy atom. The van der Waals surface area contributed by atoms with Gasteiger partial charge in [-0.1, -0.05) is 31.1 Å². The van der Waals surface area contributed by atoms with Crippen LogP contribution in [-0.4, -0.2) is 46.9 Å². The molecule has 0 spiro atoms. The van der Waals surface area contributed by atoms with Gasteiger partial charge in [-0.25, -0.2) is 9.78 Å². The number of nitrogen functional groups attached to an aromatic ring is 2. The smallest absolute Gasteiger partial charge is 0.341 e. The molecule has 0 bridgehead atoms. The first-order valence-corrected chi connectivity index (χ1v) is 13.9. The number of aromatic carboxylic acids is 1. The van der Waals surface area contributed by atoms with E-state index in [2.05, 4.69) is 21.8 Å². The van der Waals surface area contributed by atoms with Crippen LogP contribution in [0.5, 0.6) is 17.2 Å². The normalized spacial score (nSPS) is 13.3. The van der Waals surface area contributed by atoms with E-state index in [0.717, 1.165) is 37.7 Å². The monoisotopic (exact) mass is 583 g/mol. The molecule has 1 aliphatic carbocycles. The van der Waals surface area contributed by atoms with Crippen LogP contribution >= 0.6 is 0 Å². The van der Waals surface area contributed by atoms with Gasteiger partial charge in [-0.2, -0.15) is 4.98 Å². The third kappa shape index (κ3) is 5.77. The molecule has 0 aliphatic heterocycles. The second-order valence-corrected chi connectivity index (χ2v) is 10.4. The van der Waals surface area contributed by atoms with Gasteiger partial charge >= 0.3 is 5.97 Å². The van der Waals surface area contributed by atoms with E-state index in [4.69, 9.17) is 25.7 Å². The summed E-state index contributed by atoms with van der Waals surface area (Å²) in [6.07, 6.45) is 8.36. The number of hydrogen-bond donors (Lipinski definition) is 3. The van der Waals surface area contributed by atoms with E-state index in [-0.39, 0.29) is 28.8 Å². The Morgan fingerprint density at radius 1 is 1.02 bits per heavy atom. The zero-order chi connectivity index (χ0) is 30.7. The number of carbonyl (C=O) groups is 1. The highest BCUT2D eigenvalue weighted by atomic mass is 16.5. The molecule has 0 amide bonds. The number of ether oxygens (including phenoxy) is 3. The zero-order valence-electron chi connectivity index (χ0n) is 24.3. The molecule has 5 rings (SSSR count). The number of fused-ring (bicyclic) bond motifs is 1. The second-order valence-electron chi connectivity index (χ2n) is 10.4. The molecule has 2 aromatic heterocycles. The van der Waals surface area contributed by atoms with Crippen molar-refractivity contribution < 1.29 is 24.1 Å². The molecule has 1 aliphatic rings. The van der Waals surface area contributed by atoms with Crippen molar-refractivity contribution in [3.63, 3.8) is 0 Å². The Labute approximate surface area is 248 Å². The average molecular weight is 584 g/mol. The van der Waals surface area contributed by atoms with Crippen molar-refractivity contribution in [2.24, 2.45) is 0 Å². The molecule has 0 unspecified atom stereocenters. The van der Waals surface area contributed by atoms with Crippen molar-refractivity contribution in [1.82, 2.24) is 14.5 Å². The average Bonchev–Trinajstić information content (AvgIpc) is 3.01. The number of aromatic nitrogens is 3. The molecule has 1 saturated carbocycles. The van der Waals surface area contributed by atoms with E-state index in [0.29, 0.717) is 45.9 Å². The molecule has 11 heteroatoms. The fourth-order valence-electron chi connectivity index (χ4n) is 5.66. The molecule has 0 saturated heterocycles. The van der Waals surface area contributed by atoms with Crippen LogP contribution in [0.4, 0.5) is 11.8 Å². The molecule has 4 aromatic rings. The third-order valence-electron chi connectivity index (χ3n) is 7.73. The van der Waals surface area contributed by atoms with Gasteiger partial charge < -0.3 is 35.4 Å². The van der Waals surface area contributed by atoms with E-state index >= 15 is 0 Å². The minimum absolute atomic E-state index is 0.0397. The van der Waals surface area contributed by atoms with Crippen LogP contribution in [0.2, 0.25) is 0 Å². The zero-order valence-corrected chi connectivity index (χ0v) is 24.3. The van der Waals surface area contributed by atoms with Crippen LogP contribution in [0, 0.1) is 11.8 Å². The lowest BCUT2D eigenvalue weighted by Gasteiger charge is -2.27. The van der Waals surface area contributed by atoms with Crippen LogP contribution in [-0.2, 0) is 6.42 Å². The van der Waals surface area contributed by atoms with E-state index in [9.17, 15) is 14.7 Å². The quantitative estimate of drug-likeness (QED) is 0.269. The molecule has 2 heterocycles. The molecule has 0 atom stereocenters. The fourth-order valence-corrected chi connectivity index (χ4v) is 5.66. The van der Waals surface area contributed by atoms with Crippen LogP contribution in [0.15, 0.2) is 41.5 Å². The maximum absolute atomic E-state index is 13.2. The molecule has 5 N–H and O–H groups in total. The number of rotatable bonds is 7. The minimum Gasteiger partial charge on any atom is -0.493 e. The molecule has 222 valence electrons. The molecule has 43 heavy (non-hydrogen) atoms. The summed E-state index contributed by atoms with van der Waals surface area (Å²) < 4.78 is 19.0. The van der Waals surface area contributed by atoms with Gasteiger partial charge in [0.2, 0.25) is 11.4 Å². The van der Waals surface area contributed by atoms with E-state index in [1.807, 2.05) is 16.7 Å². The number of nitrogens with two attached hydrogens (primary N) is 2. The maximum atomic E-state index is 13.2. The van der Waals surface area contributed by atoms with Gasteiger partial charge in [0.15, 0.2) is 17.2 Å². The van der Waals surface area contributed by atoms with Crippen LogP contribution < -0.4 is 31.1 Å². The molecule has 0 radical (unpaired) electrons. The summed E-state index contributed by atoms with van der Waals surface area (Å²) in [6, 6.07) is 7.03. The number of carboxylic acids is 1. The molecule has 11 nitrogen and oxygen atoms in total. The van der Waals surface area contributed by atoms with Gasteiger partial charge in [0.05, 0.1) is 43.4 Å². The Kier molecular flexibility index (Phi) is 8.39. The first-order chi connectivity index (χ1) is 20.7. The third-order valence-corrected chi connectivity index (χ3v) is 7.73. The number of pyridine rings is 1. The Balaban J connectivity index is 1.66. The summed E-state index contributed by atoms with van der Waals surface area (Å²) >= 11 is 0. The van der Waals surface area contributed by atoms with Gasteiger partial charge in [-0.05, 0) is 42.7 Å². The van der Waals surface area contributed by atoms with E-state index in [1.165, 1.54) is 20.4 Å². The first kappa shape index (κ1) is 29.3. The van der Waals surface area contributed by atoms with Gasteiger partial charge in [0.25, 0.3) is 0 Å². The van der Waals surface area contributed by atoms with Crippen LogP contribution in [0.3, 0.4) is 0 Å². The van der Waals surface area contributed by atoms with Gasteiger partial charge in [-0.15, -0.1) is 0 Å². The number of carboxylic acid groups (broad SMARTS) is 1. The molecule has 2 aromatic carbocycles. The second kappa shape index (κ2) is 12.3. The fraction of sp³-hybridized carbons (Fsp3) is 0.312. The SMILES string of the molecule is COc1cc(Cc2cnc(N)nc2N)cc(C#Cc2ccc3c(=O)c(C(=O)O)cn(C4CCCCC4)c3c2OC)c1OC. The van der Waals surface area contributed by atoms with Crippen molar-refractivity contribution >= 4 is 28.6 Å². The predicted octanol–water partition coefficient (Wildman–Crippen LogP) is 4.18. The maximum Gasteiger partial charge on any atom is 0.341 e. The standard InChI is InChI=1S/C32H33N5O6/c1-41-25-15-18(14-21-16-35-32(34)36-30(21)33)13-20(28(25)42-2)10-9-19-11-12-23-26(29(19)43-3)37(22-7-5-4-6-8-22)17-24(27(23)38)31(39)40/h11-13,15-17,22H,4-8,14H2,1-3H3,(H,39,40)(H4,33,34,35,36). The number of anilines is 2. The highest BCUT2D eigenvalue weighted by Crippen LogP contribution is 2.37. The predicted molar refractivity (Wildman–Crippen MR) is 163 cm³/mol. The molecular weight excluding hydrogens is 550 g/mol. The summed E-state index contributed by atoms with van der Waals surface area (Å²) in [5.41, 5.74) is 14.0. The lowest BCUT2D eigenvalue weighted by molar-refractivity contribution is 0.0694. The topological polar surface area (TPSA) is 165 Å². The van der Waals surface area contributed by atoms with E-state index in [1.54, 1.807) is 25.4 Å². The van der Waals surface area contributed by atoms with Gasteiger partial charge in [-0.3, -0.25) is 4.79 Å². The van der Waals surface area contributed by atoms with Gasteiger partial charge in [0.1, 0.15) is 11.4 Å². The number of benzene rings is 2. The van der Waals surface area contributed by atoms with Crippen LogP contribution in [0.1, 0.15) is 70.8 Å².